The van der Waals surface area contributed by atoms with E-state index in [4.69, 9.17) is 14.2 Å². The number of rotatable bonds is 7. The van der Waals surface area contributed by atoms with Crippen molar-refractivity contribution in [1.82, 2.24) is 0 Å². The second kappa shape index (κ2) is 10.5. The zero-order chi connectivity index (χ0) is 23.8. The van der Waals surface area contributed by atoms with Gasteiger partial charge in [-0.3, -0.25) is 0 Å². The van der Waals surface area contributed by atoms with Gasteiger partial charge in [-0.25, -0.2) is 4.79 Å². The molecular formula is C26H21F3O4. The van der Waals surface area contributed by atoms with Crippen molar-refractivity contribution >= 4 is 24.2 Å². The van der Waals surface area contributed by atoms with E-state index < -0.39 is 17.7 Å². The first-order valence-corrected chi connectivity index (χ1v) is 9.85. The molecule has 0 saturated carbocycles. The number of halogens is 3. The molecule has 0 unspecified atom stereocenters. The number of carbonyl (C=O) groups is 1. The first-order chi connectivity index (χ1) is 15.8. The van der Waals surface area contributed by atoms with Crippen LogP contribution in [0.5, 0.6) is 17.2 Å². The molecule has 33 heavy (non-hydrogen) atoms. The summed E-state index contributed by atoms with van der Waals surface area (Å²) in [5.74, 6) is 1.07. The second-order valence-electron chi connectivity index (χ2n) is 6.92. The average Bonchev–Trinajstić information content (AvgIpc) is 2.81. The molecule has 0 fully saturated rings. The summed E-state index contributed by atoms with van der Waals surface area (Å²) < 4.78 is 53.5. The first-order valence-electron chi connectivity index (χ1n) is 9.85. The van der Waals surface area contributed by atoms with E-state index >= 15 is 0 Å². The molecule has 3 rings (SSSR count). The van der Waals surface area contributed by atoms with Crippen LogP contribution in [0.15, 0.2) is 72.8 Å². The zero-order valence-electron chi connectivity index (χ0n) is 17.9. The molecule has 4 nitrogen and oxygen atoms in total. The van der Waals surface area contributed by atoms with Gasteiger partial charge in [0.25, 0.3) is 0 Å². The predicted octanol–water partition coefficient (Wildman–Crippen LogP) is 6.51. The summed E-state index contributed by atoms with van der Waals surface area (Å²) in [6.07, 6.45) is 1.95. The fourth-order valence-electron chi connectivity index (χ4n) is 2.86. The Morgan fingerprint density at radius 2 is 1.21 bits per heavy atom. The first kappa shape index (κ1) is 23.7. The van der Waals surface area contributed by atoms with E-state index in [1.54, 1.807) is 44.6 Å². The minimum Gasteiger partial charge on any atom is -0.497 e. The van der Waals surface area contributed by atoms with Crippen LogP contribution in [0.3, 0.4) is 0 Å². The van der Waals surface area contributed by atoms with Crippen LogP contribution in [0.25, 0.3) is 18.2 Å². The number of hydrogen-bond donors (Lipinski definition) is 0. The monoisotopic (exact) mass is 454 g/mol. The maximum atomic E-state index is 12.6. The lowest BCUT2D eigenvalue weighted by Crippen LogP contribution is -2.04. The van der Waals surface area contributed by atoms with Gasteiger partial charge in [-0.1, -0.05) is 36.4 Å². The highest BCUT2D eigenvalue weighted by Gasteiger charge is 2.29. The third-order valence-electron chi connectivity index (χ3n) is 4.59. The van der Waals surface area contributed by atoms with Gasteiger partial charge >= 0.3 is 12.1 Å². The Balaban J connectivity index is 1.59. The molecule has 0 aliphatic carbocycles. The van der Waals surface area contributed by atoms with E-state index in [2.05, 4.69) is 0 Å². The summed E-state index contributed by atoms with van der Waals surface area (Å²) in [7, 11) is 3.17. The van der Waals surface area contributed by atoms with Crippen LogP contribution in [-0.2, 0) is 11.0 Å². The van der Waals surface area contributed by atoms with Crippen molar-refractivity contribution < 1.29 is 32.2 Å². The molecule has 170 valence electrons. The Bertz CT molecular complexity index is 1120. The Morgan fingerprint density at radius 1 is 0.697 bits per heavy atom. The van der Waals surface area contributed by atoms with E-state index in [0.717, 1.165) is 29.3 Å². The molecule has 0 radical (unpaired) electrons. The lowest BCUT2D eigenvalue weighted by molar-refractivity contribution is -0.137. The minimum absolute atomic E-state index is 0.345. The molecule has 0 aromatic heterocycles. The van der Waals surface area contributed by atoms with Gasteiger partial charge in [0, 0.05) is 12.1 Å². The molecule has 7 heteroatoms. The lowest BCUT2D eigenvalue weighted by Gasteiger charge is -2.06. The third kappa shape index (κ3) is 7.00. The lowest BCUT2D eigenvalue weighted by atomic mass is 10.1. The van der Waals surface area contributed by atoms with E-state index in [1.807, 2.05) is 24.3 Å². The molecule has 0 bridgehead atoms. The number of hydrogen-bond acceptors (Lipinski definition) is 4. The third-order valence-corrected chi connectivity index (χ3v) is 4.59. The zero-order valence-corrected chi connectivity index (χ0v) is 17.9. The normalized spacial score (nSPS) is 11.7. The highest BCUT2D eigenvalue weighted by Crippen LogP contribution is 2.29. The van der Waals surface area contributed by atoms with Gasteiger partial charge < -0.3 is 14.2 Å². The van der Waals surface area contributed by atoms with E-state index in [9.17, 15) is 18.0 Å². The van der Waals surface area contributed by atoms with Crippen molar-refractivity contribution in [3.05, 3.63) is 95.1 Å². The SMILES string of the molecule is COc1cc(/C=C/c2ccc(OC(=O)/C=C/c3ccc(C(F)(F)F)cc3)cc2)cc(OC)c1. The number of benzene rings is 3. The molecule has 0 N–H and O–H groups in total. The average molecular weight is 454 g/mol. The van der Waals surface area contributed by atoms with Gasteiger partial charge in [0.1, 0.15) is 17.2 Å². The molecule has 0 spiro atoms. The molecule has 3 aromatic carbocycles. The Kier molecular flexibility index (Phi) is 7.56. The van der Waals surface area contributed by atoms with Crippen LogP contribution in [0.2, 0.25) is 0 Å². The summed E-state index contributed by atoms with van der Waals surface area (Å²) in [6.45, 7) is 0. The maximum absolute atomic E-state index is 12.6. The Morgan fingerprint density at radius 3 is 1.76 bits per heavy atom. The van der Waals surface area contributed by atoms with Crippen LogP contribution in [0.4, 0.5) is 13.2 Å². The van der Waals surface area contributed by atoms with Crippen molar-refractivity contribution in [3.8, 4) is 17.2 Å². The van der Waals surface area contributed by atoms with Gasteiger partial charge in [0.05, 0.1) is 19.8 Å². The van der Waals surface area contributed by atoms with Crippen molar-refractivity contribution in [2.75, 3.05) is 14.2 Å². The number of esters is 1. The largest absolute Gasteiger partial charge is 0.497 e. The molecular weight excluding hydrogens is 433 g/mol. The summed E-state index contributed by atoms with van der Waals surface area (Å²) in [4.78, 5) is 12.0. The highest BCUT2D eigenvalue weighted by atomic mass is 19.4. The van der Waals surface area contributed by atoms with E-state index in [-0.39, 0.29) is 0 Å². The molecule has 0 amide bonds. The van der Waals surface area contributed by atoms with Crippen molar-refractivity contribution in [2.24, 2.45) is 0 Å². The molecule has 0 aliphatic heterocycles. The fourth-order valence-corrected chi connectivity index (χ4v) is 2.86. The summed E-state index contributed by atoms with van der Waals surface area (Å²) in [5.41, 5.74) is 1.49. The molecule has 3 aromatic rings. The van der Waals surface area contributed by atoms with Gasteiger partial charge in [-0.05, 0) is 59.2 Å². The molecule has 0 heterocycles. The molecule has 0 aliphatic rings. The fraction of sp³-hybridized carbons (Fsp3) is 0.115. The Hall–Kier alpha value is -4.00. The van der Waals surface area contributed by atoms with Crippen LogP contribution < -0.4 is 14.2 Å². The smallest absolute Gasteiger partial charge is 0.416 e. The standard InChI is InChI=1S/C26H21F3O4/c1-31-23-15-20(16-24(17-23)32-2)4-3-18-7-12-22(13-8-18)33-25(30)14-9-19-5-10-21(11-6-19)26(27,28)29/h3-17H,1-2H3/b4-3+,14-9+. The number of alkyl halides is 3. The number of ether oxygens (including phenoxy) is 3. The minimum atomic E-state index is -4.40. The van der Waals surface area contributed by atoms with Gasteiger partial charge in [-0.2, -0.15) is 13.2 Å². The second-order valence-corrected chi connectivity index (χ2v) is 6.92. The van der Waals surface area contributed by atoms with Crippen molar-refractivity contribution in [3.63, 3.8) is 0 Å². The molecule has 0 saturated heterocycles. The van der Waals surface area contributed by atoms with Crippen LogP contribution >= 0.6 is 0 Å². The Labute approximate surface area is 189 Å². The van der Waals surface area contributed by atoms with Crippen LogP contribution in [0.1, 0.15) is 22.3 Å². The van der Waals surface area contributed by atoms with Gasteiger partial charge in [0.15, 0.2) is 0 Å². The van der Waals surface area contributed by atoms with E-state index in [1.165, 1.54) is 18.2 Å². The summed E-state index contributed by atoms with van der Waals surface area (Å²) >= 11 is 0. The quantitative estimate of drug-likeness (QED) is 0.177. The van der Waals surface area contributed by atoms with Crippen molar-refractivity contribution in [2.45, 2.75) is 6.18 Å². The van der Waals surface area contributed by atoms with Gasteiger partial charge in [0.2, 0.25) is 0 Å². The summed E-state index contributed by atoms with van der Waals surface area (Å²) in [6, 6.07) is 16.9. The number of carbonyl (C=O) groups excluding carboxylic acids is 1. The van der Waals surface area contributed by atoms with Crippen LogP contribution in [0, 0.1) is 0 Å². The highest BCUT2D eigenvalue weighted by molar-refractivity contribution is 5.88. The van der Waals surface area contributed by atoms with Gasteiger partial charge in [-0.15, -0.1) is 0 Å². The van der Waals surface area contributed by atoms with Crippen LogP contribution in [-0.4, -0.2) is 20.2 Å². The molecule has 0 atom stereocenters. The predicted molar refractivity (Wildman–Crippen MR) is 121 cm³/mol. The topological polar surface area (TPSA) is 44.8 Å². The van der Waals surface area contributed by atoms with Crippen molar-refractivity contribution in [1.29, 1.82) is 0 Å². The number of methoxy groups -OCH3 is 2. The summed E-state index contributed by atoms with van der Waals surface area (Å²) in [5, 5.41) is 0. The maximum Gasteiger partial charge on any atom is 0.416 e. The van der Waals surface area contributed by atoms with E-state index in [0.29, 0.717) is 22.8 Å².